The number of hydrogen-bond donors (Lipinski definition) is 4. The van der Waals surface area contributed by atoms with Crippen molar-refractivity contribution in [2.75, 3.05) is 0 Å². The van der Waals surface area contributed by atoms with Crippen LogP contribution in [0.15, 0.2) is 0 Å². The van der Waals surface area contributed by atoms with Gasteiger partial charge in [-0.2, -0.15) is 8.62 Å². The largest absolute Gasteiger partial charge is 0.490 e. The molecule has 0 saturated heterocycles. The topological polar surface area (TPSA) is 160 Å². The Morgan fingerprint density at radius 2 is 1.24 bits per heavy atom. The Morgan fingerprint density at radius 3 is 1.53 bits per heavy atom. The van der Waals surface area contributed by atoms with E-state index in [9.17, 15) is 13.7 Å². The zero-order valence-electron chi connectivity index (χ0n) is 9.08. The minimum Gasteiger partial charge on any atom is -0.330 e. The quantitative estimate of drug-likeness (QED) is 0.411. The SMILES string of the molecule is C[Si](C)(C)OP(=O)(O)OP(=O)(O)OP(=O)(O)O. The molecular formula is C3H13O10P3Si. The van der Waals surface area contributed by atoms with E-state index < -0.39 is 31.8 Å². The van der Waals surface area contributed by atoms with Crippen molar-refractivity contribution in [2.45, 2.75) is 19.6 Å². The van der Waals surface area contributed by atoms with Crippen LogP contribution in [0.4, 0.5) is 0 Å². The van der Waals surface area contributed by atoms with Gasteiger partial charge in [0, 0.05) is 0 Å². The molecule has 14 heteroatoms. The molecule has 0 radical (unpaired) electrons. The van der Waals surface area contributed by atoms with E-state index in [-0.39, 0.29) is 0 Å². The molecule has 0 spiro atoms. The zero-order valence-corrected chi connectivity index (χ0v) is 12.8. The average Bonchev–Trinajstić information content (AvgIpc) is 1.65. The van der Waals surface area contributed by atoms with Crippen molar-refractivity contribution in [1.82, 2.24) is 0 Å². The van der Waals surface area contributed by atoms with Crippen molar-refractivity contribution in [1.29, 1.82) is 0 Å². The van der Waals surface area contributed by atoms with Gasteiger partial charge in [-0.1, -0.05) is 0 Å². The van der Waals surface area contributed by atoms with Gasteiger partial charge in [0.05, 0.1) is 0 Å². The Balaban J connectivity index is 4.78. The van der Waals surface area contributed by atoms with Gasteiger partial charge in [-0.3, -0.25) is 0 Å². The molecule has 4 N–H and O–H groups in total. The van der Waals surface area contributed by atoms with E-state index in [1.807, 2.05) is 0 Å². The molecule has 0 aliphatic rings. The maximum absolute atomic E-state index is 11.2. The minimum absolute atomic E-state index is 1.49. The highest BCUT2D eigenvalue weighted by molar-refractivity contribution is 7.67. The number of rotatable bonds is 6. The van der Waals surface area contributed by atoms with Crippen LogP contribution in [0, 0.1) is 0 Å². The first-order valence-corrected chi connectivity index (χ1v) is 11.9. The van der Waals surface area contributed by atoms with E-state index >= 15 is 0 Å². The molecular weight excluding hydrogens is 317 g/mol. The van der Waals surface area contributed by atoms with E-state index in [0.717, 1.165) is 0 Å². The van der Waals surface area contributed by atoms with E-state index in [2.05, 4.69) is 12.8 Å². The highest BCUT2D eigenvalue weighted by Gasteiger charge is 2.42. The highest BCUT2D eigenvalue weighted by atomic mass is 31.3. The minimum atomic E-state index is -5.40. The van der Waals surface area contributed by atoms with Crippen LogP contribution in [0.25, 0.3) is 0 Å². The summed E-state index contributed by atoms with van der Waals surface area (Å²) in [5.41, 5.74) is 0. The molecule has 0 bridgehead atoms. The summed E-state index contributed by atoms with van der Waals surface area (Å²) in [6.45, 7) is 4.47. The molecule has 10 nitrogen and oxygen atoms in total. The fourth-order valence-corrected chi connectivity index (χ4v) is 6.35. The fourth-order valence-electron chi connectivity index (χ4n) is 0.642. The summed E-state index contributed by atoms with van der Waals surface area (Å²) in [5, 5.41) is 0. The summed E-state index contributed by atoms with van der Waals surface area (Å²) in [6.07, 6.45) is 0. The maximum Gasteiger partial charge on any atom is 0.490 e. The fraction of sp³-hybridized carbons (Fsp3) is 1.00. The Bertz CT molecular complexity index is 406. The van der Waals surface area contributed by atoms with Crippen LogP contribution in [-0.4, -0.2) is 27.9 Å². The van der Waals surface area contributed by atoms with Gasteiger partial charge in [0.2, 0.25) is 0 Å². The second kappa shape index (κ2) is 5.32. The summed E-state index contributed by atoms with van der Waals surface area (Å²) in [7, 11) is -18.3. The molecule has 104 valence electrons. The second-order valence-corrected chi connectivity index (χ2v) is 12.9. The molecule has 2 atom stereocenters. The molecule has 0 saturated carbocycles. The van der Waals surface area contributed by atoms with E-state index in [0.29, 0.717) is 0 Å². The smallest absolute Gasteiger partial charge is 0.330 e. The van der Waals surface area contributed by atoms with Gasteiger partial charge >= 0.3 is 23.5 Å². The van der Waals surface area contributed by atoms with Crippen molar-refractivity contribution in [3.8, 4) is 0 Å². The lowest BCUT2D eigenvalue weighted by Crippen LogP contribution is -2.23. The molecule has 0 aromatic heterocycles. The van der Waals surface area contributed by atoms with Crippen LogP contribution >= 0.6 is 23.5 Å². The van der Waals surface area contributed by atoms with Gasteiger partial charge < -0.3 is 23.8 Å². The first-order chi connectivity index (χ1) is 7.12. The molecule has 0 heterocycles. The number of hydrogen-bond acceptors (Lipinski definition) is 6. The molecule has 2 unspecified atom stereocenters. The molecule has 0 amide bonds. The van der Waals surface area contributed by atoms with Crippen LogP contribution in [0.1, 0.15) is 0 Å². The van der Waals surface area contributed by atoms with Crippen molar-refractivity contribution in [3.63, 3.8) is 0 Å². The summed E-state index contributed by atoms with van der Waals surface area (Å²) in [5.74, 6) is 0. The molecule has 0 aromatic carbocycles. The summed E-state index contributed by atoms with van der Waals surface area (Å²) in [4.78, 5) is 34.4. The Labute approximate surface area is 98.1 Å². The molecule has 0 aliphatic heterocycles. The van der Waals surface area contributed by atoms with Crippen LogP contribution < -0.4 is 0 Å². The van der Waals surface area contributed by atoms with E-state index in [1.54, 1.807) is 0 Å². The third-order valence-electron chi connectivity index (χ3n) is 0.805. The summed E-state index contributed by atoms with van der Waals surface area (Å²) < 4.78 is 44.0. The summed E-state index contributed by atoms with van der Waals surface area (Å²) in [6, 6.07) is 0. The lowest BCUT2D eigenvalue weighted by atomic mass is 11.8. The average molecular weight is 330 g/mol. The van der Waals surface area contributed by atoms with Crippen molar-refractivity contribution in [2.24, 2.45) is 0 Å². The van der Waals surface area contributed by atoms with Gasteiger partial charge in [-0.05, 0) is 19.6 Å². The Morgan fingerprint density at radius 1 is 0.824 bits per heavy atom. The normalized spacial score (nSPS) is 20.6. The van der Waals surface area contributed by atoms with Gasteiger partial charge in [0.1, 0.15) is 0 Å². The number of phosphoric acid groups is 3. The predicted octanol–water partition coefficient (Wildman–Crippen LogP) is 1.16. The first kappa shape index (κ1) is 17.6. The second-order valence-electron chi connectivity index (χ2n) is 3.79. The van der Waals surface area contributed by atoms with E-state index in [1.165, 1.54) is 19.6 Å². The van der Waals surface area contributed by atoms with Crippen LogP contribution in [0.3, 0.4) is 0 Å². The van der Waals surface area contributed by atoms with Crippen LogP contribution in [-0.2, 0) is 26.5 Å². The van der Waals surface area contributed by atoms with Crippen molar-refractivity contribution in [3.05, 3.63) is 0 Å². The molecule has 0 rings (SSSR count). The highest BCUT2D eigenvalue weighted by Crippen LogP contribution is 2.66. The third kappa shape index (κ3) is 10.3. The molecule has 17 heavy (non-hydrogen) atoms. The Hall–Kier alpha value is 0.627. The molecule has 0 aliphatic carbocycles. The van der Waals surface area contributed by atoms with Crippen molar-refractivity contribution >= 4 is 31.8 Å². The third-order valence-corrected chi connectivity index (χ3v) is 7.25. The van der Waals surface area contributed by atoms with Gasteiger partial charge in [0.15, 0.2) is 8.32 Å². The van der Waals surface area contributed by atoms with Gasteiger partial charge in [-0.25, -0.2) is 13.7 Å². The Kier molecular flexibility index (Phi) is 5.52. The predicted molar refractivity (Wildman–Crippen MR) is 58.3 cm³/mol. The standard InChI is InChI=1S/C3H13O10P3Si/c1-17(2,3)13-16(9,10)12-15(7,8)11-14(4,5)6/h1-3H3,(H,7,8)(H,9,10)(H2,4,5,6). The van der Waals surface area contributed by atoms with E-state index in [4.69, 9.17) is 19.6 Å². The molecule has 0 aromatic rings. The first-order valence-electron chi connectivity index (χ1n) is 3.96. The lowest BCUT2D eigenvalue weighted by molar-refractivity contribution is 0.206. The monoisotopic (exact) mass is 330 g/mol. The summed E-state index contributed by atoms with van der Waals surface area (Å²) >= 11 is 0. The molecule has 0 fully saturated rings. The zero-order chi connectivity index (χ0) is 14.1. The van der Waals surface area contributed by atoms with Crippen LogP contribution in [0.5, 0.6) is 0 Å². The van der Waals surface area contributed by atoms with Crippen molar-refractivity contribution < 1.29 is 46.1 Å². The van der Waals surface area contributed by atoms with Gasteiger partial charge in [0.25, 0.3) is 0 Å². The van der Waals surface area contributed by atoms with Gasteiger partial charge in [-0.15, -0.1) is 0 Å². The lowest BCUT2D eigenvalue weighted by Gasteiger charge is -2.22. The maximum atomic E-state index is 11.2. The van der Waals surface area contributed by atoms with Crippen LogP contribution in [0.2, 0.25) is 19.6 Å².